The van der Waals surface area contributed by atoms with E-state index in [9.17, 15) is 4.79 Å². The van der Waals surface area contributed by atoms with Crippen molar-refractivity contribution in [2.45, 2.75) is 39.7 Å². The number of hydrogen-bond donors (Lipinski definition) is 1. The zero-order valence-electron chi connectivity index (χ0n) is 14.0. The second-order valence-electron chi connectivity index (χ2n) is 6.33. The number of piperidine rings is 1. The van der Waals surface area contributed by atoms with E-state index in [1.807, 2.05) is 0 Å². The van der Waals surface area contributed by atoms with Gasteiger partial charge in [-0.05, 0) is 50.3 Å². The van der Waals surface area contributed by atoms with Crippen LogP contribution < -0.4 is 10.1 Å². The van der Waals surface area contributed by atoms with Gasteiger partial charge in [0.25, 0.3) is 0 Å². The van der Waals surface area contributed by atoms with Crippen LogP contribution in [0.15, 0.2) is 18.2 Å². The number of carbonyl (C=O) groups excluding carboxylic acids is 1. The number of nitrogens with one attached hydrogen (secondary N) is 1. The molecule has 1 heterocycles. The third-order valence-corrected chi connectivity index (χ3v) is 4.37. The van der Waals surface area contributed by atoms with Crippen LogP contribution in [0.5, 0.6) is 5.75 Å². The minimum atomic E-state index is 0.0667. The van der Waals surface area contributed by atoms with E-state index in [1.165, 1.54) is 24.0 Å². The summed E-state index contributed by atoms with van der Waals surface area (Å²) in [6.45, 7) is 7.66. The van der Waals surface area contributed by atoms with Crippen LogP contribution in [0.3, 0.4) is 0 Å². The fraction of sp³-hybridized carbons (Fsp3) is 0.611. The largest absolute Gasteiger partial charge is 0.496 e. The Kier molecular flexibility index (Phi) is 6.25. The highest BCUT2D eigenvalue weighted by molar-refractivity contribution is 5.72. The van der Waals surface area contributed by atoms with Gasteiger partial charge in [0, 0.05) is 32.1 Å². The van der Waals surface area contributed by atoms with E-state index in [4.69, 9.17) is 4.74 Å². The second kappa shape index (κ2) is 8.18. The van der Waals surface area contributed by atoms with Crippen molar-refractivity contribution in [3.8, 4) is 5.75 Å². The van der Waals surface area contributed by atoms with Gasteiger partial charge in [0.05, 0.1) is 7.11 Å². The maximum absolute atomic E-state index is 11.0. The molecule has 0 spiro atoms. The molecular formula is C18H28N2O2. The quantitative estimate of drug-likeness (QED) is 0.878. The van der Waals surface area contributed by atoms with Gasteiger partial charge < -0.3 is 10.1 Å². The Morgan fingerprint density at radius 3 is 3.00 bits per heavy atom. The van der Waals surface area contributed by atoms with Crippen LogP contribution >= 0.6 is 0 Å². The Hall–Kier alpha value is -1.55. The third kappa shape index (κ3) is 5.02. The third-order valence-electron chi connectivity index (χ3n) is 4.37. The Morgan fingerprint density at radius 2 is 2.27 bits per heavy atom. The van der Waals surface area contributed by atoms with E-state index in [0.29, 0.717) is 5.92 Å². The van der Waals surface area contributed by atoms with Crippen molar-refractivity contribution in [1.82, 2.24) is 10.2 Å². The van der Waals surface area contributed by atoms with Crippen LogP contribution in [0.4, 0.5) is 0 Å². The second-order valence-corrected chi connectivity index (χ2v) is 6.33. The fourth-order valence-electron chi connectivity index (χ4n) is 3.21. The first kappa shape index (κ1) is 16.8. The van der Waals surface area contributed by atoms with E-state index in [1.54, 1.807) is 14.0 Å². The molecule has 22 heavy (non-hydrogen) atoms. The van der Waals surface area contributed by atoms with Crippen molar-refractivity contribution in [2.24, 2.45) is 5.92 Å². The van der Waals surface area contributed by atoms with Gasteiger partial charge in [-0.1, -0.05) is 12.1 Å². The van der Waals surface area contributed by atoms with E-state index < -0.39 is 0 Å². The molecule has 2 rings (SSSR count). The number of methoxy groups -OCH3 is 1. The number of hydrogen-bond acceptors (Lipinski definition) is 3. The van der Waals surface area contributed by atoms with Gasteiger partial charge >= 0.3 is 0 Å². The van der Waals surface area contributed by atoms with Crippen molar-refractivity contribution in [3.63, 3.8) is 0 Å². The molecule has 4 nitrogen and oxygen atoms in total. The Balaban J connectivity index is 1.88. The minimum Gasteiger partial charge on any atom is -0.496 e. The summed E-state index contributed by atoms with van der Waals surface area (Å²) in [7, 11) is 1.74. The number of likely N-dealkylation sites (tertiary alicyclic amines) is 1. The van der Waals surface area contributed by atoms with Crippen molar-refractivity contribution in [1.29, 1.82) is 0 Å². The maximum Gasteiger partial charge on any atom is 0.216 e. The van der Waals surface area contributed by atoms with Crippen molar-refractivity contribution < 1.29 is 9.53 Å². The highest BCUT2D eigenvalue weighted by atomic mass is 16.5. The molecule has 1 atom stereocenters. The standard InChI is InChI=1S/C18H28N2O2/c1-14-6-7-17(18(11-14)22-3)13-20-10-4-5-16(12-20)8-9-19-15(2)21/h6-7,11,16H,4-5,8-10,12-13H2,1-3H3,(H,19,21)/t16-/m0/s1. The van der Waals surface area contributed by atoms with Gasteiger partial charge in [-0.15, -0.1) is 0 Å². The lowest BCUT2D eigenvalue weighted by Gasteiger charge is -2.33. The van der Waals surface area contributed by atoms with Crippen LogP contribution in [0, 0.1) is 12.8 Å². The van der Waals surface area contributed by atoms with Crippen LogP contribution in [-0.4, -0.2) is 37.6 Å². The zero-order chi connectivity index (χ0) is 15.9. The summed E-state index contributed by atoms with van der Waals surface area (Å²) >= 11 is 0. The molecule has 1 N–H and O–H groups in total. The zero-order valence-corrected chi connectivity index (χ0v) is 14.0. The van der Waals surface area contributed by atoms with E-state index in [2.05, 4.69) is 35.3 Å². The summed E-state index contributed by atoms with van der Waals surface area (Å²) in [5, 5.41) is 2.90. The monoisotopic (exact) mass is 304 g/mol. The molecule has 0 bridgehead atoms. The Morgan fingerprint density at radius 1 is 1.45 bits per heavy atom. The predicted octanol–water partition coefficient (Wildman–Crippen LogP) is 2.74. The van der Waals surface area contributed by atoms with Gasteiger partial charge in [0.2, 0.25) is 5.91 Å². The molecular weight excluding hydrogens is 276 g/mol. The smallest absolute Gasteiger partial charge is 0.216 e. The molecule has 4 heteroatoms. The van der Waals surface area contributed by atoms with Crippen LogP contribution in [0.25, 0.3) is 0 Å². The van der Waals surface area contributed by atoms with Crippen molar-refractivity contribution in [2.75, 3.05) is 26.7 Å². The molecule has 0 unspecified atom stereocenters. The lowest BCUT2D eigenvalue weighted by Crippen LogP contribution is -2.36. The number of rotatable bonds is 6. The lowest BCUT2D eigenvalue weighted by molar-refractivity contribution is -0.119. The van der Waals surface area contributed by atoms with Crippen LogP contribution in [-0.2, 0) is 11.3 Å². The number of carbonyl (C=O) groups is 1. The van der Waals surface area contributed by atoms with E-state index in [0.717, 1.165) is 38.3 Å². The molecule has 1 aromatic rings. The normalized spacial score (nSPS) is 19.0. The lowest BCUT2D eigenvalue weighted by atomic mass is 9.94. The number of aryl methyl sites for hydroxylation is 1. The molecule has 1 amide bonds. The van der Waals surface area contributed by atoms with E-state index >= 15 is 0 Å². The highest BCUT2D eigenvalue weighted by Gasteiger charge is 2.20. The molecule has 122 valence electrons. The average molecular weight is 304 g/mol. The van der Waals surface area contributed by atoms with Crippen LogP contribution in [0.2, 0.25) is 0 Å². The molecule has 1 aliphatic heterocycles. The molecule has 0 aliphatic carbocycles. The summed E-state index contributed by atoms with van der Waals surface area (Å²) in [5.74, 6) is 1.73. The molecule has 1 aliphatic rings. The topological polar surface area (TPSA) is 41.6 Å². The molecule has 1 saturated heterocycles. The Labute approximate surface area is 133 Å². The molecule has 1 aromatic carbocycles. The number of amides is 1. The summed E-state index contributed by atoms with van der Waals surface area (Å²) in [5.41, 5.74) is 2.49. The summed E-state index contributed by atoms with van der Waals surface area (Å²) in [6.07, 6.45) is 3.57. The Bertz CT molecular complexity index is 502. The molecule has 0 aromatic heterocycles. The first-order valence-corrected chi connectivity index (χ1v) is 8.19. The van der Waals surface area contributed by atoms with Gasteiger partial charge in [-0.25, -0.2) is 0 Å². The van der Waals surface area contributed by atoms with Crippen molar-refractivity contribution in [3.05, 3.63) is 29.3 Å². The minimum absolute atomic E-state index is 0.0667. The highest BCUT2D eigenvalue weighted by Crippen LogP contribution is 2.25. The van der Waals surface area contributed by atoms with E-state index in [-0.39, 0.29) is 5.91 Å². The fourth-order valence-corrected chi connectivity index (χ4v) is 3.21. The first-order valence-electron chi connectivity index (χ1n) is 8.19. The van der Waals surface area contributed by atoms with Gasteiger partial charge in [-0.3, -0.25) is 9.69 Å². The summed E-state index contributed by atoms with van der Waals surface area (Å²) in [6, 6.07) is 6.43. The summed E-state index contributed by atoms with van der Waals surface area (Å²) < 4.78 is 5.51. The summed E-state index contributed by atoms with van der Waals surface area (Å²) in [4.78, 5) is 13.5. The maximum atomic E-state index is 11.0. The van der Waals surface area contributed by atoms with Gasteiger partial charge in [0.1, 0.15) is 5.75 Å². The SMILES string of the molecule is COc1cc(C)ccc1CN1CCC[C@@H](CCNC(C)=O)C1. The van der Waals surface area contributed by atoms with Crippen LogP contribution in [0.1, 0.15) is 37.3 Å². The molecule has 1 fully saturated rings. The van der Waals surface area contributed by atoms with Crippen molar-refractivity contribution >= 4 is 5.91 Å². The number of benzene rings is 1. The van der Waals surface area contributed by atoms with Gasteiger partial charge in [0.15, 0.2) is 0 Å². The predicted molar refractivity (Wildman–Crippen MR) is 89.0 cm³/mol. The first-order chi connectivity index (χ1) is 10.6. The number of ether oxygens (including phenoxy) is 1. The number of nitrogens with zero attached hydrogens (tertiary/aromatic N) is 1. The molecule has 0 radical (unpaired) electrons. The average Bonchev–Trinajstić information content (AvgIpc) is 2.49. The molecule has 0 saturated carbocycles. The van der Waals surface area contributed by atoms with Gasteiger partial charge in [-0.2, -0.15) is 0 Å².